The SMILES string of the molecule is Cc1cc(C(=O)C2CC(=O)Nc3c2c(C)nn3-c2ccc(F)cc2F)c(C)s1. The highest BCUT2D eigenvalue weighted by Gasteiger charge is 2.37. The molecule has 0 spiro atoms. The maximum Gasteiger partial charge on any atom is 0.226 e. The van der Waals surface area contributed by atoms with Crippen LogP contribution < -0.4 is 5.32 Å². The second-order valence-corrected chi connectivity index (χ2v) is 8.31. The van der Waals surface area contributed by atoms with Gasteiger partial charge in [0, 0.05) is 33.4 Å². The number of aryl methyl sites for hydroxylation is 3. The van der Waals surface area contributed by atoms with E-state index in [4.69, 9.17) is 0 Å². The molecule has 0 aliphatic carbocycles. The van der Waals surface area contributed by atoms with Gasteiger partial charge in [-0.3, -0.25) is 9.59 Å². The average Bonchev–Trinajstić information content (AvgIpc) is 3.12. The monoisotopic (exact) mass is 401 g/mol. The molecule has 4 rings (SSSR count). The van der Waals surface area contributed by atoms with Gasteiger partial charge in [-0.25, -0.2) is 13.5 Å². The second-order valence-electron chi connectivity index (χ2n) is 6.85. The predicted molar refractivity (Wildman–Crippen MR) is 102 cm³/mol. The number of nitrogens with zero attached hydrogens (tertiary/aromatic N) is 2. The number of carbonyl (C=O) groups is 2. The fraction of sp³-hybridized carbons (Fsp3) is 0.250. The molecule has 5 nitrogen and oxygen atoms in total. The molecular formula is C20H17F2N3O2S. The molecule has 0 saturated carbocycles. The van der Waals surface area contributed by atoms with Crippen molar-refractivity contribution in [2.45, 2.75) is 33.1 Å². The summed E-state index contributed by atoms with van der Waals surface area (Å²) in [7, 11) is 0. The van der Waals surface area contributed by atoms with E-state index in [2.05, 4.69) is 10.4 Å². The van der Waals surface area contributed by atoms with E-state index in [0.717, 1.165) is 21.9 Å². The third-order valence-electron chi connectivity index (χ3n) is 4.86. The number of hydrogen-bond donors (Lipinski definition) is 1. The molecule has 3 aromatic rings. The highest BCUT2D eigenvalue weighted by Crippen LogP contribution is 2.39. The van der Waals surface area contributed by atoms with E-state index in [0.29, 0.717) is 16.8 Å². The number of hydrogen-bond acceptors (Lipinski definition) is 4. The Hall–Kier alpha value is -2.87. The molecule has 0 radical (unpaired) electrons. The number of nitrogens with one attached hydrogen (secondary N) is 1. The Balaban J connectivity index is 1.86. The molecule has 2 aromatic heterocycles. The Kier molecular flexibility index (Phi) is 4.38. The molecule has 1 atom stereocenters. The first-order valence-electron chi connectivity index (χ1n) is 8.72. The van der Waals surface area contributed by atoms with E-state index in [1.54, 1.807) is 6.92 Å². The summed E-state index contributed by atoms with van der Waals surface area (Å²) in [6.45, 7) is 5.51. The summed E-state index contributed by atoms with van der Waals surface area (Å²) >= 11 is 1.53. The van der Waals surface area contributed by atoms with E-state index in [1.807, 2.05) is 19.9 Å². The lowest BCUT2D eigenvalue weighted by Crippen LogP contribution is -2.28. The van der Waals surface area contributed by atoms with Crippen molar-refractivity contribution in [2.75, 3.05) is 5.32 Å². The van der Waals surface area contributed by atoms with Crippen molar-refractivity contribution in [1.82, 2.24) is 9.78 Å². The Morgan fingerprint density at radius 3 is 2.64 bits per heavy atom. The Morgan fingerprint density at radius 1 is 1.25 bits per heavy atom. The molecule has 0 saturated heterocycles. The number of ketones is 1. The van der Waals surface area contributed by atoms with Crippen molar-refractivity contribution in [1.29, 1.82) is 0 Å². The summed E-state index contributed by atoms with van der Waals surface area (Å²) < 4.78 is 28.8. The minimum absolute atomic E-state index is 0.00139. The van der Waals surface area contributed by atoms with Crippen molar-refractivity contribution >= 4 is 28.8 Å². The maximum absolute atomic E-state index is 14.3. The molecule has 1 amide bonds. The molecule has 1 aliphatic rings. The van der Waals surface area contributed by atoms with Gasteiger partial charge in [-0.1, -0.05) is 0 Å². The number of amides is 1. The molecule has 8 heteroatoms. The van der Waals surface area contributed by atoms with E-state index in [9.17, 15) is 18.4 Å². The molecule has 0 bridgehead atoms. The molecule has 1 aliphatic heterocycles. The summed E-state index contributed by atoms with van der Waals surface area (Å²) in [6.07, 6.45) is -0.00139. The highest BCUT2D eigenvalue weighted by molar-refractivity contribution is 7.12. The zero-order valence-electron chi connectivity index (χ0n) is 15.5. The van der Waals surface area contributed by atoms with E-state index in [-0.39, 0.29) is 29.6 Å². The van der Waals surface area contributed by atoms with Crippen LogP contribution in [0.4, 0.5) is 14.6 Å². The highest BCUT2D eigenvalue weighted by atomic mass is 32.1. The van der Waals surface area contributed by atoms with E-state index >= 15 is 0 Å². The summed E-state index contributed by atoms with van der Waals surface area (Å²) in [5.74, 6) is -2.47. The van der Waals surface area contributed by atoms with Crippen LogP contribution in [0.2, 0.25) is 0 Å². The average molecular weight is 401 g/mol. The topological polar surface area (TPSA) is 64.0 Å². The van der Waals surface area contributed by atoms with Gasteiger partial charge in [0.15, 0.2) is 11.6 Å². The van der Waals surface area contributed by atoms with Gasteiger partial charge in [-0.15, -0.1) is 11.3 Å². The number of halogens is 2. The van der Waals surface area contributed by atoms with Crippen LogP contribution >= 0.6 is 11.3 Å². The number of aromatic nitrogens is 2. The van der Waals surface area contributed by atoms with Crippen LogP contribution in [0.5, 0.6) is 0 Å². The Labute approximate surface area is 164 Å². The molecule has 28 heavy (non-hydrogen) atoms. The number of Topliss-reactive ketones (excluding diaryl/α,β-unsaturated/α-hetero) is 1. The van der Waals surface area contributed by atoms with Gasteiger partial charge in [-0.2, -0.15) is 5.10 Å². The van der Waals surface area contributed by atoms with Crippen LogP contribution in [-0.4, -0.2) is 21.5 Å². The largest absolute Gasteiger partial charge is 0.310 e. The standard InChI is InChI=1S/C20H17F2N3O2S/c1-9-6-13(11(3)28-9)19(27)14-8-17(26)23-20-18(14)10(2)24-25(20)16-5-4-12(21)7-15(16)22/h4-7,14H,8H2,1-3H3,(H,23,26). The minimum Gasteiger partial charge on any atom is -0.310 e. The number of benzene rings is 1. The molecular weight excluding hydrogens is 384 g/mol. The third-order valence-corrected chi connectivity index (χ3v) is 5.83. The minimum atomic E-state index is -0.808. The maximum atomic E-state index is 14.3. The first-order chi connectivity index (χ1) is 13.3. The number of fused-ring (bicyclic) bond motifs is 1. The zero-order chi connectivity index (χ0) is 20.2. The normalized spacial score (nSPS) is 16.0. The van der Waals surface area contributed by atoms with Gasteiger partial charge in [0.2, 0.25) is 5.91 Å². The smallest absolute Gasteiger partial charge is 0.226 e. The second kappa shape index (κ2) is 6.63. The third kappa shape index (κ3) is 2.93. The van der Waals surface area contributed by atoms with Crippen molar-refractivity contribution < 1.29 is 18.4 Å². The van der Waals surface area contributed by atoms with Crippen LogP contribution in [-0.2, 0) is 4.79 Å². The lowest BCUT2D eigenvalue weighted by molar-refractivity contribution is -0.116. The first kappa shape index (κ1) is 18.5. The van der Waals surface area contributed by atoms with Gasteiger partial charge in [0.05, 0.1) is 11.6 Å². The van der Waals surface area contributed by atoms with E-state index < -0.39 is 17.6 Å². The first-order valence-corrected chi connectivity index (χ1v) is 9.54. The molecule has 1 unspecified atom stereocenters. The van der Waals surface area contributed by atoms with Crippen molar-refractivity contribution in [3.63, 3.8) is 0 Å². The predicted octanol–water partition coefficient (Wildman–Crippen LogP) is 4.45. The van der Waals surface area contributed by atoms with Gasteiger partial charge in [-0.05, 0) is 39.0 Å². The zero-order valence-corrected chi connectivity index (χ0v) is 16.3. The van der Waals surface area contributed by atoms with Gasteiger partial charge in [0.1, 0.15) is 17.3 Å². The quantitative estimate of drug-likeness (QED) is 0.660. The van der Waals surface area contributed by atoms with Gasteiger partial charge < -0.3 is 5.32 Å². The van der Waals surface area contributed by atoms with Crippen LogP contribution in [0.1, 0.15) is 43.7 Å². The lowest BCUT2D eigenvalue weighted by atomic mass is 9.85. The summed E-state index contributed by atoms with van der Waals surface area (Å²) in [4.78, 5) is 27.5. The lowest BCUT2D eigenvalue weighted by Gasteiger charge is -2.23. The van der Waals surface area contributed by atoms with Crippen LogP contribution in [0, 0.1) is 32.4 Å². The van der Waals surface area contributed by atoms with Crippen molar-refractivity contribution in [2.24, 2.45) is 0 Å². The van der Waals surface area contributed by atoms with Crippen molar-refractivity contribution in [3.8, 4) is 5.69 Å². The van der Waals surface area contributed by atoms with Gasteiger partial charge >= 0.3 is 0 Å². The molecule has 1 aromatic carbocycles. The number of anilines is 1. The summed E-state index contributed by atoms with van der Waals surface area (Å²) in [6, 6.07) is 4.95. The van der Waals surface area contributed by atoms with Gasteiger partial charge in [0.25, 0.3) is 0 Å². The fourth-order valence-corrected chi connectivity index (χ4v) is 4.59. The molecule has 3 heterocycles. The molecule has 0 fully saturated rings. The van der Waals surface area contributed by atoms with Crippen LogP contribution in [0.3, 0.4) is 0 Å². The van der Waals surface area contributed by atoms with Crippen LogP contribution in [0.15, 0.2) is 24.3 Å². The van der Waals surface area contributed by atoms with E-state index in [1.165, 1.54) is 22.1 Å². The molecule has 1 N–H and O–H groups in total. The Morgan fingerprint density at radius 2 is 2.00 bits per heavy atom. The summed E-state index contributed by atoms with van der Waals surface area (Å²) in [5, 5.41) is 7.03. The number of thiophene rings is 1. The number of carbonyl (C=O) groups excluding carboxylic acids is 2. The summed E-state index contributed by atoms with van der Waals surface area (Å²) in [5.41, 5.74) is 1.67. The fourth-order valence-electron chi connectivity index (χ4n) is 3.66. The Bertz CT molecular complexity index is 1130. The van der Waals surface area contributed by atoms with Crippen molar-refractivity contribution in [3.05, 3.63) is 62.5 Å². The molecule has 144 valence electrons. The van der Waals surface area contributed by atoms with Crippen LogP contribution in [0.25, 0.3) is 5.69 Å². The number of rotatable bonds is 3.